The Balaban J connectivity index is 1.58. The summed E-state index contributed by atoms with van der Waals surface area (Å²) in [5.41, 5.74) is 1.54. The lowest BCUT2D eigenvalue weighted by Crippen LogP contribution is -2.26. The number of nitrogens with one attached hydrogen (secondary N) is 1. The zero-order valence-corrected chi connectivity index (χ0v) is 16.2. The number of ether oxygens (including phenoxy) is 3. The summed E-state index contributed by atoms with van der Waals surface area (Å²) in [7, 11) is 1.36. The third kappa shape index (κ3) is 8.12. The van der Waals surface area contributed by atoms with Gasteiger partial charge in [0.2, 0.25) is 0 Å². The summed E-state index contributed by atoms with van der Waals surface area (Å²) in [6, 6.07) is 0. The number of alkyl carbamates (subject to hydrolysis) is 1. The van der Waals surface area contributed by atoms with Gasteiger partial charge in [0.25, 0.3) is 0 Å². The molecule has 0 bridgehead atoms. The second-order valence-corrected chi connectivity index (χ2v) is 6.24. The molecule has 0 saturated carbocycles. The van der Waals surface area contributed by atoms with Crippen molar-refractivity contribution < 1.29 is 23.8 Å². The second-order valence-electron chi connectivity index (χ2n) is 6.24. The maximum absolute atomic E-state index is 11.7. The van der Waals surface area contributed by atoms with Gasteiger partial charge in [0.1, 0.15) is 12.4 Å². The van der Waals surface area contributed by atoms with E-state index < -0.39 is 6.09 Å². The van der Waals surface area contributed by atoms with Crippen LogP contribution in [-0.2, 0) is 19.0 Å². The molecule has 2 aliphatic carbocycles. The van der Waals surface area contributed by atoms with Crippen LogP contribution in [0, 0.1) is 0 Å². The second kappa shape index (κ2) is 12.4. The van der Waals surface area contributed by atoms with Gasteiger partial charge >= 0.3 is 12.1 Å². The van der Waals surface area contributed by atoms with Crippen molar-refractivity contribution in [3.63, 3.8) is 0 Å². The number of esters is 1. The summed E-state index contributed by atoms with van der Waals surface area (Å²) < 4.78 is 15.6. The van der Waals surface area contributed by atoms with E-state index in [0.29, 0.717) is 37.5 Å². The molecule has 1 amide bonds. The van der Waals surface area contributed by atoms with Crippen LogP contribution in [0.2, 0.25) is 0 Å². The van der Waals surface area contributed by atoms with E-state index >= 15 is 0 Å². The first kappa shape index (κ1) is 21.3. The lowest BCUT2D eigenvalue weighted by Gasteiger charge is -2.09. The van der Waals surface area contributed by atoms with Gasteiger partial charge in [-0.15, -0.1) is 0 Å². The fraction of sp³-hybridized carbons (Fsp3) is 0.364. The molecule has 0 atom stereocenters. The maximum Gasteiger partial charge on any atom is 0.407 e. The van der Waals surface area contributed by atoms with Gasteiger partial charge in [-0.05, 0) is 43.4 Å². The molecule has 0 aromatic rings. The quantitative estimate of drug-likeness (QED) is 0.481. The van der Waals surface area contributed by atoms with Crippen molar-refractivity contribution in [2.24, 2.45) is 0 Å². The van der Waals surface area contributed by atoms with Crippen LogP contribution >= 0.6 is 0 Å². The van der Waals surface area contributed by atoms with Gasteiger partial charge in [0, 0.05) is 6.54 Å². The summed E-state index contributed by atoms with van der Waals surface area (Å²) in [5.74, 6) is 0.250. The van der Waals surface area contributed by atoms with Crippen molar-refractivity contribution in [3.05, 3.63) is 71.6 Å². The Hall–Kier alpha value is -3.02. The first-order valence-corrected chi connectivity index (χ1v) is 9.40. The zero-order chi connectivity index (χ0) is 20.0. The van der Waals surface area contributed by atoms with Crippen molar-refractivity contribution in [1.29, 1.82) is 0 Å². The molecule has 0 radical (unpaired) electrons. The normalized spacial score (nSPS) is 15.5. The summed E-state index contributed by atoms with van der Waals surface area (Å²) in [4.78, 5) is 23.4. The molecule has 0 aromatic heterocycles. The molecule has 0 fully saturated rings. The Bertz CT molecular complexity index is 725. The summed E-state index contributed by atoms with van der Waals surface area (Å²) in [6.45, 7) is 1.30. The molecule has 1 N–H and O–H groups in total. The van der Waals surface area contributed by atoms with E-state index in [0.717, 1.165) is 24.8 Å². The number of unbranched alkanes of at least 4 members (excludes halogenated alkanes) is 1. The van der Waals surface area contributed by atoms with Gasteiger partial charge in [0.05, 0.1) is 19.3 Å². The third-order valence-corrected chi connectivity index (χ3v) is 4.04. The van der Waals surface area contributed by atoms with E-state index in [1.54, 1.807) is 12.2 Å². The molecule has 2 aliphatic rings. The highest BCUT2D eigenvalue weighted by Gasteiger charge is 2.10. The predicted molar refractivity (Wildman–Crippen MR) is 107 cm³/mol. The number of rotatable bonds is 9. The maximum atomic E-state index is 11.7. The Morgan fingerprint density at radius 3 is 2.89 bits per heavy atom. The Kier molecular flexibility index (Phi) is 9.41. The fourth-order valence-corrected chi connectivity index (χ4v) is 2.54. The van der Waals surface area contributed by atoms with E-state index in [4.69, 9.17) is 14.2 Å². The number of amides is 1. The molecule has 150 valence electrons. The van der Waals surface area contributed by atoms with Crippen LogP contribution in [-0.4, -0.2) is 38.9 Å². The van der Waals surface area contributed by atoms with Crippen molar-refractivity contribution in [2.45, 2.75) is 25.7 Å². The number of hydrogen-bond donors (Lipinski definition) is 1. The van der Waals surface area contributed by atoms with E-state index in [9.17, 15) is 9.59 Å². The monoisotopic (exact) mass is 385 g/mol. The van der Waals surface area contributed by atoms with Gasteiger partial charge in [-0.1, -0.05) is 42.5 Å². The lowest BCUT2D eigenvalue weighted by atomic mass is 10.2. The molecule has 0 aliphatic heterocycles. The first-order chi connectivity index (χ1) is 13.7. The largest absolute Gasteiger partial charge is 0.494 e. The van der Waals surface area contributed by atoms with Crippen LogP contribution in [0.3, 0.4) is 0 Å². The topological polar surface area (TPSA) is 73.9 Å². The summed E-state index contributed by atoms with van der Waals surface area (Å²) in [6.07, 6.45) is 19.6. The van der Waals surface area contributed by atoms with Gasteiger partial charge in [0.15, 0.2) is 0 Å². The van der Waals surface area contributed by atoms with Crippen LogP contribution in [0.15, 0.2) is 71.6 Å². The highest BCUT2D eigenvalue weighted by atomic mass is 16.5. The number of carbonyl (C=O) groups is 2. The molecule has 2 rings (SSSR count). The number of hydrogen-bond acceptors (Lipinski definition) is 5. The molecule has 28 heavy (non-hydrogen) atoms. The van der Waals surface area contributed by atoms with E-state index in [-0.39, 0.29) is 5.97 Å². The molecule has 0 unspecified atom stereocenters. The van der Waals surface area contributed by atoms with Gasteiger partial charge < -0.3 is 19.5 Å². The smallest absolute Gasteiger partial charge is 0.407 e. The average Bonchev–Trinajstić information content (AvgIpc) is 3.11. The van der Waals surface area contributed by atoms with Crippen LogP contribution in [0.5, 0.6) is 0 Å². The third-order valence-electron chi connectivity index (χ3n) is 4.04. The fourth-order valence-electron chi connectivity index (χ4n) is 2.54. The lowest BCUT2D eigenvalue weighted by molar-refractivity contribution is -0.135. The minimum Gasteiger partial charge on any atom is -0.494 e. The van der Waals surface area contributed by atoms with Crippen molar-refractivity contribution >= 4 is 12.1 Å². The van der Waals surface area contributed by atoms with Gasteiger partial charge in [-0.2, -0.15) is 0 Å². The first-order valence-electron chi connectivity index (χ1n) is 9.40. The van der Waals surface area contributed by atoms with E-state index in [1.807, 2.05) is 42.5 Å². The summed E-state index contributed by atoms with van der Waals surface area (Å²) >= 11 is 0. The average molecular weight is 385 g/mol. The minimum absolute atomic E-state index is 0.292. The van der Waals surface area contributed by atoms with Gasteiger partial charge in [-0.3, -0.25) is 0 Å². The van der Waals surface area contributed by atoms with Crippen molar-refractivity contribution in [3.8, 4) is 0 Å². The van der Waals surface area contributed by atoms with Crippen LogP contribution in [0.4, 0.5) is 4.79 Å². The molecule has 0 aromatic carbocycles. The van der Waals surface area contributed by atoms with Gasteiger partial charge in [-0.25, -0.2) is 9.59 Å². The van der Waals surface area contributed by atoms with E-state index in [1.165, 1.54) is 7.11 Å². The van der Waals surface area contributed by atoms with Crippen molar-refractivity contribution in [2.75, 3.05) is 26.9 Å². The zero-order valence-electron chi connectivity index (χ0n) is 16.2. The molecule has 6 nitrogen and oxygen atoms in total. The highest BCUT2D eigenvalue weighted by Crippen LogP contribution is 2.14. The molecule has 0 heterocycles. The van der Waals surface area contributed by atoms with Crippen LogP contribution < -0.4 is 5.32 Å². The minimum atomic E-state index is -0.415. The van der Waals surface area contributed by atoms with Crippen molar-refractivity contribution in [1.82, 2.24) is 5.32 Å². The predicted octanol–water partition coefficient (Wildman–Crippen LogP) is 3.90. The molecular formula is C22H27NO5. The Morgan fingerprint density at radius 1 is 1.14 bits per heavy atom. The number of allylic oxidation sites excluding steroid dienone is 8. The Labute approximate surface area is 165 Å². The highest BCUT2D eigenvalue weighted by molar-refractivity contribution is 5.91. The molecule has 0 spiro atoms. The van der Waals surface area contributed by atoms with E-state index in [2.05, 4.69) is 5.32 Å². The SMILES string of the molecule is COC(=O)C1=CCC=CC(OCCCCNC(=O)OCC2=CC=CC=CC2)=C1. The molecular weight excluding hydrogens is 358 g/mol. The number of carbonyl (C=O) groups excluding carboxylic acids is 2. The molecule has 0 saturated heterocycles. The molecule has 6 heteroatoms. The van der Waals surface area contributed by atoms with Crippen LogP contribution in [0.1, 0.15) is 25.7 Å². The number of methoxy groups -OCH3 is 1. The Morgan fingerprint density at radius 2 is 2.04 bits per heavy atom. The standard InChI is InChI=1S/C22H27NO5/c1-26-21(24)19-12-6-7-13-20(16-19)27-15-9-8-14-23-22(25)28-17-18-10-4-2-3-5-11-18/h2-5,7,10,12-13,16H,6,8-9,11,14-15,17H2,1H3,(H,23,25). The van der Waals surface area contributed by atoms with Crippen LogP contribution in [0.25, 0.3) is 0 Å². The summed E-state index contributed by atoms with van der Waals surface area (Å²) in [5, 5.41) is 2.74.